The minimum absolute atomic E-state index is 0.0184. The van der Waals surface area contributed by atoms with Gasteiger partial charge in [0.05, 0.1) is 0 Å². The van der Waals surface area contributed by atoms with Crippen molar-refractivity contribution in [2.24, 2.45) is 0 Å². The second kappa shape index (κ2) is 14.9. The molecular formula is C73H81BN2. The fourth-order valence-electron chi connectivity index (χ4n) is 16.9. The first kappa shape index (κ1) is 48.6. The minimum Gasteiger partial charge on any atom is -0.376 e. The summed E-state index contributed by atoms with van der Waals surface area (Å²) in [4.78, 5) is 5.72. The van der Waals surface area contributed by atoms with Crippen LogP contribution in [-0.2, 0) is 43.3 Å². The summed E-state index contributed by atoms with van der Waals surface area (Å²) in [6.07, 6.45) is 7.07. The van der Waals surface area contributed by atoms with E-state index in [-0.39, 0.29) is 50.2 Å². The third kappa shape index (κ3) is 6.18. The van der Waals surface area contributed by atoms with E-state index in [1.54, 1.807) is 0 Å². The molecule has 2 aliphatic heterocycles. The lowest BCUT2D eigenvalue weighted by Crippen LogP contribution is -2.63. The van der Waals surface area contributed by atoms with Crippen LogP contribution >= 0.6 is 0 Å². The predicted octanol–water partition coefficient (Wildman–Crippen LogP) is 18.4. The summed E-state index contributed by atoms with van der Waals surface area (Å²) in [6, 6.07) is 45.1. The Morgan fingerprint density at radius 3 is 1.43 bits per heavy atom. The van der Waals surface area contributed by atoms with E-state index in [0.29, 0.717) is 0 Å². The van der Waals surface area contributed by atoms with Gasteiger partial charge in [-0.15, -0.1) is 0 Å². The van der Waals surface area contributed by atoms with Gasteiger partial charge < -0.3 is 9.71 Å². The molecule has 76 heavy (non-hydrogen) atoms. The summed E-state index contributed by atoms with van der Waals surface area (Å²) in [5.41, 5.74) is 34.0. The zero-order chi connectivity index (χ0) is 53.6. The number of rotatable bonds is 2. The van der Waals surface area contributed by atoms with Gasteiger partial charge in [0.2, 0.25) is 0 Å². The highest BCUT2D eigenvalue weighted by Gasteiger charge is 2.54. The standard InChI is InChI=1S/C73H81BN2/c1-42-36-51-54(70(10,11)34-32-67(51,4)5)39-58(42)75-57-29-27-45-44-22-18-20-24-48(44)73(16,17)63(45)65(57)74-64-60(75)41-56-61(46-23-19-21-25-49(46)72(56,14)15)62(64)47-38-53-55(71(12,13)35-33-69(53,8)9)40-59(47)76(74)43-26-28-50-52(37-43)68(6,7)31-30-66(50,2)3/h18-29,36-41H,30-35H2,1-17H3. The van der Waals surface area contributed by atoms with Crippen molar-refractivity contribution in [1.82, 2.24) is 0 Å². The van der Waals surface area contributed by atoms with Gasteiger partial charge in [0.1, 0.15) is 0 Å². The minimum atomic E-state index is -0.265. The molecule has 0 fully saturated rings. The van der Waals surface area contributed by atoms with Gasteiger partial charge in [0, 0.05) is 44.8 Å². The molecule has 14 rings (SSSR count). The first-order valence-electron chi connectivity index (χ1n) is 29.3. The van der Waals surface area contributed by atoms with Crippen LogP contribution in [0.3, 0.4) is 0 Å². The molecule has 0 atom stereocenters. The molecule has 0 amide bonds. The number of anilines is 5. The van der Waals surface area contributed by atoms with Gasteiger partial charge in [-0.25, -0.2) is 0 Å². The van der Waals surface area contributed by atoms with Gasteiger partial charge >= 0.3 is 6.85 Å². The molecule has 0 unspecified atom stereocenters. The van der Waals surface area contributed by atoms with Gasteiger partial charge in [-0.1, -0.05) is 178 Å². The summed E-state index contributed by atoms with van der Waals surface area (Å²) in [7, 11) is 0. The fourth-order valence-corrected chi connectivity index (χ4v) is 16.9. The molecule has 7 aliphatic rings. The number of hydrogen-bond donors (Lipinski definition) is 0. The van der Waals surface area contributed by atoms with E-state index in [2.05, 4.69) is 237 Å². The smallest absolute Gasteiger partial charge is 0.333 e. The quantitative estimate of drug-likeness (QED) is 0.159. The summed E-state index contributed by atoms with van der Waals surface area (Å²) in [5, 5.41) is 0. The lowest BCUT2D eigenvalue weighted by Gasteiger charge is -2.50. The normalized spacial score (nSPS) is 21.7. The van der Waals surface area contributed by atoms with Crippen molar-refractivity contribution in [3.05, 3.63) is 170 Å². The topological polar surface area (TPSA) is 6.48 Å². The molecule has 7 aromatic rings. The molecule has 7 aromatic carbocycles. The van der Waals surface area contributed by atoms with Crippen LogP contribution in [0.2, 0.25) is 0 Å². The van der Waals surface area contributed by atoms with Crippen molar-refractivity contribution in [2.75, 3.05) is 9.71 Å². The third-order valence-electron chi connectivity index (χ3n) is 21.9. The maximum Gasteiger partial charge on any atom is 0.333 e. The Hall–Kier alpha value is -5.80. The van der Waals surface area contributed by atoms with E-state index < -0.39 is 0 Å². The SMILES string of the molecule is Cc1cc2c(cc1N1c3cc4c(c5c3B(c3c1ccc1c3C(C)(C)c3ccccc3-1)N(c1ccc3c(c1)C(C)(C)CCC3(C)C)c1cc3c(cc1-5)C(C)(C)CCC3(C)C)-c1ccccc1C4(C)C)C(C)(C)CCC2(C)C. The lowest BCUT2D eigenvalue weighted by molar-refractivity contribution is 0.332. The highest BCUT2D eigenvalue weighted by molar-refractivity contribution is 6.94. The number of fused-ring (bicyclic) bond motifs is 15. The monoisotopic (exact) mass is 997 g/mol. The third-order valence-corrected chi connectivity index (χ3v) is 21.9. The highest BCUT2D eigenvalue weighted by Crippen LogP contribution is 2.62. The van der Waals surface area contributed by atoms with Crippen molar-refractivity contribution in [1.29, 1.82) is 0 Å². The Kier molecular flexibility index (Phi) is 9.49. The first-order valence-corrected chi connectivity index (χ1v) is 29.3. The fraction of sp³-hybridized carbons (Fsp3) is 0.425. The molecule has 2 nitrogen and oxygen atoms in total. The van der Waals surface area contributed by atoms with Crippen LogP contribution < -0.4 is 20.6 Å². The van der Waals surface area contributed by atoms with Gasteiger partial charge in [-0.2, -0.15) is 0 Å². The Bertz CT molecular complexity index is 3750. The van der Waals surface area contributed by atoms with Gasteiger partial charge in [0.25, 0.3) is 0 Å². The average molecular weight is 997 g/mol. The number of benzene rings is 7. The molecule has 0 aromatic heterocycles. The van der Waals surface area contributed by atoms with Crippen LogP contribution in [0.15, 0.2) is 109 Å². The molecular weight excluding hydrogens is 916 g/mol. The lowest BCUT2D eigenvalue weighted by atomic mass is 9.41. The molecule has 5 aliphatic carbocycles. The van der Waals surface area contributed by atoms with E-state index in [4.69, 9.17) is 0 Å². The van der Waals surface area contributed by atoms with E-state index in [1.165, 1.54) is 172 Å². The Morgan fingerprint density at radius 2 is 0.829 bits per heavy atom. The average Bonchev–Trinajstić information content (AvgIpc) is 3.96. The number of nitrogens with zero attached hydrogens (tertiary/aromatic N) is 2. The summed E-state index contributed by atoms with van der Waals surface area (Å²) in [5.74, 6) is 0. The first-order chi connectivity index (χ1) is 35.6. The van der Waals surface area contributed by atoms with Crippen LogP contribution in [0.5, 0.6) is 0 Å². The van der Waals surface area contributed by atoms with E-state index in [9.17, 15) is 0 Å². The van der Waals surface area contributed by atoms with Crippen molar-refractivity contribution >= 4 is 46.2 Å². The Morgan fingerprint density at radius 1 is 0.342 bits per heavy atom. The predicted molar refractivity (Wildman–Crippen MR) is 326 cm³/mol. The second-order valence-electron chi connectivity index (χ2n) is 30.1. The van der Waals surface area contributed by atoms with Crippen LogP contribution in [0, 0.1) is 6.92 Å². The summed E-state index contributed by atoms with van der Waals surface area (Å²) < 4.78 is 0. The van der Waals surface area contributed by atoms with Crippen molar-refractivity contribution in [3.63, 3.8) is 0 Å². The Labute approximate surface area is 456 Å². The van der Waals surface area contributed by atoms with Crippen molar-refractivity contribution in [3.8, 4) is 33.4 Å². The van der Waals surface area contributed by atoms with Crippen molar-refractivity contribution < 1.29 is 0 Å². The number of aryl methyl sites for hydroxylation is 1. The van der Waals surface area contributed by atoms with E-state index >= 15 is 0 Å². The molecule has 0 bridgehead atoms. The molecule has 3 heteroatoms. The zero-order valence-electron chi connectivity index (χ0n) is 49.1. The maximum atomic E-state index is 2.91. The molecule has 2 heterocycles. The molecule has 0 N–H and O–H groups in total. The summed E-state index contributed by atoms with van der Waals surface area (Å²) >= 11 is 0. The summed E-state index contributed by atoms with van der Waals surface area (Å²) in [6.45, 7) is 42.4. The van der Waals surface area contributed by atoms with Crippen molar-refractivity contribution in [2.45, 2.75) is 200 Å². The van der Waals surface area contributed by atoms with E-state index in [0.717, 1.165) is 0 Å². The Balaban J connectivity index is 1.20. The number of hydrogen-bond acceptors (Lipinski definition) is 2. The molecule has 0 spiro atoms. The van der Waals surface area contributed by atoms with Gasteiger partial charge in [-0.3, -0.25) is 0 Å². The van der Waals surface area contributed by atoms with E-state index in [1.807, 2.05) is 0 Å². The molecule has 386 valence electrons. The largest absolute Gasteiger partial charge is 0.376 e. The second-order valence-corrected chi connectivity index (χ2v) is 30.1. The van der Waals surface area contributed by atoms with Crippen LogP contribution in [0.25, 0.3) is 33.4 Å². The molecule has 0 saturated carbocycles. The van der Waals surface area contributed by atoms with Crippen LogP contribution in [0.1, 0.15) is 211 Å². The van der Waals surface area contributed by atoms with Crippen LogP contribution in [-0.4, -0.2) is 6.85 Å². The maximum absolute atomic E-state index is 2.91. The molecule has 0 radical (unpaired) electrons. The van der Waals surface area contributed by atoms with Gasteiger partial charge in [0.15, 0.2) is 0 Å². The van der Waals surface area contributed by atoms with Crippen LogP contribution in [0.4, 0.5) is 28.4 Å². The van der Waals surface area contributed by atoms with Gasteiger partial charge in [-0.05, 0) is 220 Å². The highest BCUT2D eigenvalue weighted by atomic mass is 15.2. The zero-order valence-corrected chi connectivity index (χ0v) is 49.1. The molecule has 0 saturated heterocycles.